The molecule has 1 aromatic carbocycles. The van der Waals surface area contributed by atoms with E-state index >= 15 is 0 Å². The van der Waals surface area contributed by atoms with Gasteiger partial charge in [-0.1, -0.05) is 6.07 Å². The molecule has 94 valence electrons. The third kappa shape index (κ3) is 3.13. The first-order valence-corrected chi connectivity index (χ1v) is 6.46. The van der Waals surface area contributed by atoms with Crippen LogP contribution >= 0.6 is 0 Å². The lowest BCUT2D eigenvalue weighted by Crippen LogP contribution is -2.31. The summed E-state index contributed by atoms with van der Waals surface area (Å²) in [4.78, 5) is 4.85. The molecule has 0 bridgehead atoms. The fourth-order valence-electron chi connectivity index (χ4n) is 2.46. The van der Waals surface area contributed by atoms with E-state index in [1.807, 2.05) is 6.07 Å². The summed E-state index contributed by atoms with van der Waals surface area (Å²) in [5.41, 5.74) is 9.24. The Morgan fingerprint density at radius 1 is 1.29 bits per heavy atom. The average molecular weight is 233 g/mol. The van der Waals surface area contributed by atoms with Gasteiger partial charge in [-0.2, -0.15) is 0 Å². The number of hydrogen-bond donors (Lipinski definition) is 1. The Kier molecular flexibility index (Phi) is 3.89. The van der Waals surface area contributed by atoms with E-state index in [-0.39, 0.29) is 0 Å². The molecule has 0 aromatic heterocycles. The van der Waals surface area contributed by atoms with Gasteiger partial charge in [-0.25, -0.2) is 0 Å². The second-order valence-electron chi connectivity index (χ2n) is 5.02. The van der Waals surface area contributed by atoms with Gasteiger partial charge in [0.1, 0.15) is 0 Å². The second kappa shape index (κ2) is 5.41. The summed E-state index contributed by atoms with van der Waals surface area (Å²) in [5.74, 6) is 0. The Bertz CT molecular complexity index is 370. The van der Waals surface area contributed by atoms with Crippen molar-refractivity contribution in [1.82, 2.24) is 4.90 Å². The molecule has 3 nitrogen and oxygen atoms in total. The molecule has 1 saturated heterocycles. The van der Waals surface area contributed by atoms with Gasteiger partial charge < -0.3 is 15.5 Å². The molecule has 3 heteroatoms. The van der Waals surface area contributed by atoms with Gasteiger partial charge in [-0.15, -0.1) is 0 Å². The lowest BCUT2D eigenvalue weighted by Gasteiger charge is -2.24. The molecule has 0 radical (unpaired) electrons. The van der Waals surface area contributed by atoms with Crippen molar-refractivity contribution in [3.8, 4) is 0 Å². The van der Waals surface area contributed by atoms with Crippen LogP contribution in [0, 0.1) is 6.92 Å². The van der Waals surface area contributed by atoms with Crippen molar-refractivity contribution in [1.29, 1.82) is 0 Å². The summed E-state index contributed by atoms with van der Waals surface area (Å²) < 4.78 is 0. The second-order valence-corrected chi connectivity index (χ2v) is 5.02. The molecule has 2 N–H and O–H groups in total. The number of nitrogens with two attached hydrogens (primary N) is 1. The standard InChI is InChI=1S/C14H23N3/c1-12-5-6-13(15)11-14(12)16(2)9-10-17-7-3-4-8-17/h5-6,11H,3-4,7-10,15H2,1-2H3. The number of likely N-dealkylation sites (tertiary alicyclic amines) is 1. The highest BCUT2D eigenvalue weighted by atomic mass is 15.2. The first-order valence-electron chi connectivity index (χ1n) is 6.46. The van der Waals surface area contributed by atoms with Gasteiger partial charge in [0.15, 0.2) is 0 Å². The van der Waals surface area contributed by atoms with Crippen LogP contribution in [0.15, 0.2) is 18.2 Å². The minimum Gasteiger partial charge on any atom is -0.399 e. The molecule has 0 spiro atoms. The van der Waals surface area contributed by atoms with E-state index in [2.05, 4.69) is 35.9 Å². The summed E-state index contributed by atoms with van der Waals surface area (Å²) in [7, 11) is 2.15. The zero-order valence-electron chi connectivity index (χ0n) is 10.9. The van der Waals surface area contributed by atoms with Crippen molar-refractivity contribution in [2.75, 3.05) is 43.9 Å². The van der Waals surface area contributed by atoms with Crippen molar-refractivity contribution in [2.24, 2.45) is 0 Å². The molecule has 1 aliphatic heterocycles. The van der Waals surface area contributed by atoms with Crippen LogP contribution in [0.25, 0.3) is 0 Å². The van der Waals surface area contributed by atoms with E-state index < -0.39 is 0 Å². The molecule has 1 aliphatic rings. The van der Waals surface area contributed by atoms with E-state index in [0.717, 1.165) is 18.8 Å². The summed E-state index contributed by atoms with van der Waals surface area (Å²) in [6.07, 6.45) is 2.72. The topological polar surface area (TPSA) is 32.5 Å². The van der Waals surface area contributed by atoms with E-state index in [0.29, 0.717) is 0 Å². The number of nitrogen functional groups attached to an aromatic ring is 1. The Hall–Kier alpha value is -1.22. The maximum Gasteiger partial charge on any atom is 0.0414 e. The predicted molar refractivity (Wildman–Crippen MR) is 74.5 cm³/mol. The monoisotopic (exact) mass is 233 g/mol. The normalized spacial score (nSPS) is 16.4. The Balaban J connectivity index is 1.93. The van der Waals surface area contributed by atoms with Crippen LogP contribution in [-0.4, -0.2) is 38.1 Å². The molecule has 2 rings (SSSR count). The summed E-state index contributed by atoms with van der Waals surface area (Å²) in [5, 5.41) is 0. The first kappa shape index (κ1) is 12.2. The van der Waals surface area contributed by atoms with Crippen molar-refractivity contribution in [2.45, 2.75) is 19.8 Å². The molecular weight excluding hydrogens is 210 g/mol. The third-order valence-electron chi connectivity index (χ3n) is 3.59. The predicted octanol–water partition coefficient (Wildman–Crippen LogP) is 2.11. The Morgan fingerprint density at radius 2 is 2.00 bits per heavy atom. The molecule has 1 aromatic rings. The van der Waals surface area contributed by atoms with Crippen LogP contribution in [-0.2, 0) is 0 Å². The lowest BCUT2D eigenvalue weighted by molar-refractivity contribution is 0.346. The third-order valence-corrected chi connectivity index (χ3v) is 3.59. The zero-order chi connectivity index (χ0) is 12.3. The molecule has 1 fully saturated rings. The molecule has 0 aliphatic carbocycles. The van der Waals surface area contributed by atoms with Crippen molar-refractivity contribution in [3.63, 3.8) is 0 Å². The molecule has 0 amide bonds. The summed E-state index contributed by atoms with van der Waals surface area (Å²) in [6, 6.07) is 6.13. The molecule has 1 heterocycles. The van der Waals surface area contributed by atoms with Gasteiger partial charge in [0, 0.05) is 31.5 Å². The molecule has 17 heavy (non-hydrogen) atoms. The van der Waals surface area contributed by atoms with Gasteiger partial charge in [0.25, 0.3) is 0 Å². The van der Waals surface area contributed by atoms with Gasteiger partial charge in [-0.3, -0.25) is 0 Å². The van der Waals surface area contributed by atoms with Crippen LogP contribution in [0.2, 0.25) is 0 Å². The number of anilines is 2. The molecule has 0 unspecified atom stereocenters. The lowest BCUT2D eigenvalue weighted by atomic mass is 10.1. The van der Waals surface area contributed by atoms with Crippen molar-refractivity contribution in [3.05, 3.63) is 23.8 Å². The van der Waals surface area contributed by atoms with Crippen LogP contribution in [0.1, 0.15) is 18.4 Å². The minimum atomic E-state index is 0.846. The fourth-order valence-corrected chi connectivity index (χ4v) is 2.46. The highest BCUT2D eigenvalue weighted by Crippen LogP contribution is 2.21. The maximum atomic E-state index is 5.85. The SMILES string of the molecule is Cc1ccc(N)cc1N(C)CCN1CCCC1. The molecule has 0 saturated carbocycles. The fraction of sp³-hybridized carbons (Fsp3) is 0.571. The summed E-state index contributed by atoms with van der Waals surface area (Å²) >= 11 is 0. The smallest absolute Gasteiger partial charge is 0.0414 e. The Morgan fingerprint density at radius 3 is 2.71 bits per heavy atom. The van der Waals surface area contributed by atoms with Gasteiger partial charge >= 0.3 is 0 Å². The average Bonchev–Trinajstić information content (AvgIpc) is 2.82. The highest BCUT2D eigenvalue weighted by Gasteiger charge is 2.12. The van der Waals surface area contributed by atoms with Crippen molar-refractivity contribution < 1.29 is 0 Å². The maximum absolute atomic E-state index is 5.85. The number of likely N-dealkylation sites (N-methyl/N-ethyl adjacent to an activating group) is 1. The largest absolute Gasteiger partial charge is 0.399 e. The zero-order valence-corrected chi connectivity index (χ0v) is 10.9. The van der Waals surface area contributed by atoms with Crippen LogP contribution in [0.4, 0.5) is 11.4 Å². The summed E-state index contributed by atoms with van der Waals surface area (Å²) in [6.45, 7) is 6.91. The van der Waals surface area contributed by atoms with Crippen molar-refractivity contribution >= 4 is 11.4 Å². The van der Waals surface area contributed by atoms with E-state index in [1.54, 1.807) is 0 Å². The van der Waals surface area contributed by atoms with Gasteiger partial charge in [0.2, 0.25) is 0 Å². The van der Waals surface area contributed by atoms with E-state index in [9.17, 15) is 0 Å². The van der Waals surface area contributed by atoms with Gasteiger partial charge in [0.05, 0.1) is 0 Å². The van der Waals surface area contributed by atoms with Crippen LogP contribution < -0.4 is 10.6 Å². The minimum absolute atomic E-state index is 0.846. The van der Waals surface area contributed by atoms with Crippen LogP contribution in [0.3, 0.4) is 0 Å². The van der Waals surface area contributed by atoms with E-state index in [4.69, 9.17) is 5.73 Å². The number of aryl methyl sites for hydroxylation is 1. The molecular formula is C14H23N3. The first-order chi connectivity index (χ1) is 8.16. The van der Waals surface area contributed by atoms with Crippen LogP contribution in [0.5, 0.6) is 0 Å². The highest BCUT2D eigenvalue weighted by molar-refractivity contribution is 5.60. The van der Waals surface area contributed by atoms with E-state index in [1.165, 1.54) is 37.2 Å². The Labute approximate surface area is 104 Å². The number of rotatable bonds is 4. The molecule has 0 atom stereocenters. The van der Waals surface area contributed by atoms with Gasteiger partial charge in [-0.05, 0) is 50.6 Å². The quantitative estimate of drug-likeness (QED) is 0.808. The number of benzene rings is 1. The number of hydrogen-bond acceptors (Lipinski definition) is 3. The number of nitrogens with zero attached hydrogens (tertiary/aromatic N) is 2.